The normalized spacial score (nSPS) is 21.0. The number of hydrogen-bond acceptors (Lipinski definition) is 4. The first kappa shape index (κ1) is 18.8. The second-order valence-electron chi connectivity index (χ2n) is 6.49. The first-order valence-corrected chi connectivity index (χ1v) is 10.2. The summed E-state index contributed by atoms with van der Waals surface area (Å²) in [5.41, 5.74) is 1.55. The topological polar surface area (TPSA) is 63.7 Å². The summed E-state index contributed by atoms with van der Waals surface area (Å²) >= 11 is 0. The van der Waals surface area contributed by atoms with Crippen molar-refractivity contribution >= 4 is 15.8 Å². The fourth-order valence-corrected chi connectivity index (χ4v) is 4.91. The predicted octanol–water partition coefficient (Wildman–Crippen LogP) is 3.39. The maximum atomic E-state index is 13.2. The number of rotatable bonds is 6. The van der Waals surface area contributed by atoms with Crippen molar-refractivity contribution in [1.29, 1.82) is 0 Å². The Kier molecular flexibility index (Phi) is 5.55. The molecular formula is C20H23NO4S. The molecule has 1 fully saturated rings. The van der Waals surface area contributed by atoms with Crippen LogP contribution in [0.1, 0.15) is 35.7 Å². The van der Waals surface area contributed by atoms with Gasteiger partial charge in [0, 0.05) is 5.56 Å². The smallest absolute Gasteiger partial charge is 0.245 e. The molecule has 0 radical (unpaired) electrons. The summed E-state index contributed by atoms with van der Waals surface area (Å²) in [6.07, 6.45) is -0.147. The zero-order valence-electron chi connectivity index (χ0n) is 15.0. The van der Waals surface area contributed by atoms with Crippen molar-refractivity contribution in [2.75, 3.05) is 6.61 Å². The highest BCUT2D eigenvalue weighted by Gasteiger charge is 2.43. The molecule has 0 spiro atoms. The van der Waals surface area contributed by atoms with Crippen LogP contribution < -0.4 is 0 Å². The molecule has 1 aliphatic heterocycles. The minimum Gasteiger partial charge on any atom is -0.360 e. The minimum atomic E-state index is -3.74. The highest BCUT2D eigenvalue weighted by atomic mass is 32.2. The number of ether oxygens (including phenoxy) is 1. The molecule has 3 rings (SSSR count). The Morgan fingerprint density at radius 2 is 1.77 bits per heavy atom. The van der Waals surface area contributed by atoms with Gasteiger partial charge in [-0.2, -0.15) is 4.31 Å². The van der Waals surface area contributed by atoms with E-state index in [1.165, 1.54) is 4.31 Å². The Morgan fingerprint density at radius 1 is 1.12 bits per heavy atom. The Morgan fingerprint density at radius 3 is 2.38 bits per heavy atom. The monoisotopic (exact) mass is 373 g/mol. The van der Waals surface area contributed by atoms with Crippen LogP contribution in [0.2, 0.25) is 0 Å². The van der Waals surface area contributed by atoms with Gasteiger partial charge in [-0.3, -0.25) is 4.79 Å². The van der Waals surface area contributed by atoms with Gasteiger partial charge in [0.2, 0.25) is 10.0 Å². The standard InChI is InChI=1S/C20H23NO4S/c1-3-17-14-25-20(13-19(22)16-7-5-4-6-8-16)21(17)26(23,24)18-11-9-15(2)10-12-18/h4-12,17,20H,3,13-14H2,1-2H3/t17-,20+/m1/s1. The number of hydrogen-bond donors (Lipinski definition) is 0. The third-order valence-corrected chi connectivity index (χ3v) is 6.60. The summed E-state index contributed by atoms with van der Waals surface area (Å²) in [7, 11) is -3.74. The molecule has 0 bridgehead atoms. The Bertz CT molecular complexity index is 862. The fraction of sp³-hybridized carbons (Fsp3) is 0.350. The van der Waals surface area contributed by atoms with E-state index in [0.29, 0.717) is 18.6 Å². The van der Waals surface area contributed by atoms with Crippen LogP contribution in [0.15, 0.2) is 59.5 Å². The van der Waals surface area contributed by atoms with Gasteiger partial charge >= 0.3 is 0 Å². The minimum absolute atomic E-state index is 0.00556. The number of Topliss-reactive ketones (excluding diaryl/α,β-unsaturated/α-hetero) is 1. The quantitative estimate of drug-likeness (QED) is 0.728. The van der Waals surface area contributed by atoms with Crippen molar-refractivity contribution in [3.63, 3.8) is 0 Å². The van der Waals surface area contributed by atoms with Crippen LogP contribution in [0.5, 0.6) is 0 Å². The van der Waals surface area contributed by atoms with Crippen LogP contribution in [-0.2, 0) is 14.8 Å². The Hall–Kier alpha value is -2.02. The highest BCUT2D eigenvalue weighted by molar-refractivity contribution is 7.89. The molecule has 1 heterocycles. The van der Waals surface area contributed by atoms with Crippen LogP contribution >= 0.6 is 0 Å². The van der Waals surface area contributed by atoms with Crippen molar-refractivity contribution in [2.45, 2.75) is 43.9 Å². The van der Waals surface area contributed by atoms with E-state index in [1.54, 1.807) is 48.5 Å². The summed E-state index contributed by atoms with van der Waals surface area (Å²) in [6, 6.07) is 15.4. The second-order valence-corrected chi connectivity index (χ2v) is 8.33. The second kappa shape index (κ2) is 7.70. The fourth-order valence-electron chi connectivity index (χ4n) is 3.13. The molecular weight excluding hydrogens is 350 g/mol. The van der Waals surface area contributed by atoms with Gasteiger partial charge in [-0.05, 0) is 25.5 Å². The molecule has 2 aromatic carbocycles. The van der Waals surface area contributed by atoms with Gasteiger partial charge in [0.15, 0.2) is 5.78 Å². The molecule has 1 aliphatic rings. The van der Waals surface area contributed by atoms with Gasteiger partial charge in [-0.25, -0.2) is 8.42 Å². The van der Waals surface area contributed by atoms with E-state index < -0.39 is 16.3 Å². The molecule has 0 saturated carbocycles. The van der Waals surface area contributed by atoms with Crippen LogP contribution in [0, 0.1) is 6.92 Å². The van der Waals surface area contributed by atoms with Crippen molar-refractivity contribution in [3.05, 3.63) is 65.7 Å². The molecule has 6 heteroatoms. The molecule has 5 nitrogen and oxygen atoms in total. The van der Waals surface area contributed by atoms with Gasteiger partial charge in [0.05, 0.1) is 24.0 Å². The SMILES string of the molecule is CC[C@@H]1CO[C@@H](CC(=O)c2ccccc2)N1S(=O)(=O)c1ccc(C)cc1. The van der Waals surface area contributed by atoms with E-state index >= 15 is 0 Å². The summed E-state index contributed by atoms with van der Waals surface area (Å²) in [4.78, 5) is 12.8. The molecule has 26 heavy (non-hydrogen) atoms. The third kappa shape index (κ3) is 3.72. The number of nitrogens with zero attached hydrogens (tertiary/aromatic N) is 1. The van der Waals surface area contributed by atoms with E-state index in [9.17, 15) is 13.2 Å². The number of carbonyl (C=O) groups is 1. The average Bonchev–Trinajstić information content (AvgIpc) is 3.06. The average molecular weight is 373 g/mol. The lowest BCUT2D eigenvalue weighted by molar-refractivity contribution is 0.0538. The zero-order valence-corrected chi connectivity index (χ0v) is 15.8. The zero-order chi connectivity index (χ0) is 18.7. The van der Waals surface area contributed by atoms with E-state index in [-0.39, 0.29) is 23.1 Å². The molecule has 1 saturated heterocycles. The third-order valence-electron chi connectivity index (χ3n) is 4.65. The first-order valence-electron chi connectivity index (χ1n) is 8.73. The molecule has 138 valence electrons. The molecule has 0 aromatic heterocycles. The number of benzene rings is 2. The van der Waals surface area contributed by atoms with Crippen LogP contribution in [0.3, 0.4) is 0 Å². The van der Waals surface area contributed by atoms with Crippen molar-refractivity contribution in [2.24, 2.45) is 0 Å². The Labute approximate surface area is 154 Å². The molecule has 2 atom stereocenters. The van der Waals surface area contributed by atoms with Gasteiger partial charge in [-0.15, -0.1) is 0 Å². The lowest BCUT2D eigenvalue weighted by Gasteiger charge is -2.26. The number of aryl methyl sites for hydroxylation is 1. The lowest BCUT2D eigenvalue weighted by Crippen LogP contribution is -2.42. The maximum Gasteiger partial charge on any atom is 0.245 e. The number of carbonyl (C=O) groups excluding carboxylic acids is 1. The van der Waals surface area contributed by atoms with E-state index in [2.05, 4.69) is 0 Å². The molecule has 0 aliphatic carbocycles. The largest absolute Gasteiger partial charge is 0.360 e. The molecule has 0 unspecified atom stereocenters. The van der Waals surface area contributed by atoms with Crippen molar-refractivity contribution in [1.82, 2.24) is 4.31 Å². The summed E-state index contributed by atoms with van der Waals surface area (Å²) < 4.78 is 33.4. The predicted molar refractivity (Wildman–Crippen MR) is 99.4 cm³/mol. The number of sulfonamides is 1. The van der Waals surface area contributed by atoms with E-state index in [0.717, 1.165) is 5.56 Å². The van der Waals surface area contributed by atoms with Gasteiger partial charge < -0.3 is 4.74 Å². The van der Waals surface area contributed by atoms with Crippen LogP contribution in [-0.4, -0.2) is 37.4 Å². The van der Waals surface area contributed by atoms with Crippen molar-refractivity contribution in [3.8, 4) is 0 Å². The molecule has 0 amide bonds. The van der Waals surface area contributed by atoms with E-state index in [1.807, 2.05) is 19.9 Å². The number of ketones is 1. The lowest BCUT2D eigenvalue weighted by atomic mass is 10.1. The molecule has 2 aromatic rings. The summed E-state index contributed by atoms with van der Waals surface area (Å²) in [5, 5.41) is 0. The van der Waals surface area contributed by atoms with Gasteiger partial charge in [0.25, 0.3) is 0 Å². The van der Waals surface area contributed by atoms with Crippen LogP contribution in [0.25, 0.3) is 0 Å². The maximum absolute atomic E-state index is 13.2. The van der Waals surface area contributed by atoms with E-state index in [4.69, 9.17) is 4.74 Å². The molecule has 0 N–H and O–H groups in total. The summed E-state index contributed by atoms with van der Waals surface area (Å²) in [5.74, 6) is -0.128. The van der Waals surface area contributed by atoms with Crippen LogP contribution in [0.4, 0.5) is 0 Å². The summed E-state index contributed by atoms with van der Waals surface area (Å²) in [6.45, 7) is 4.13. The first-order chi connectivity index (χ1) is 12.4. The van der Waals surface area contributed by atoms with Crippen molar-refractivity contribution < 1.29 is 17.9 Å². The Balaban J connectivity index is 1.88. The highest BCUT2D eigenvalue weighted by Crippen LogP contribution is 2.30. The van der Waals surface area contributed by atoms with Gasteiger partial charge in [-0.1, -0.05) is 55.0 Å². The van der Waals surface area contributed by atoms with Gasteiger partial charge in [0.1, 0.15) is 6.23 Å².